The number of pyridine rings is 1. The molecule has 21 heavy (non-hydrogen) atoms. The number of nitrogens with zero attached hydrogens (tertiary/aromatic N) is 1. The van der Waals surface area contributed by atoms with Crippen LogP contribution in [-0.4, -0.2) is 16.1 Å². The van der Waals surface area contributed by atoms with E-state index in [-0.39, 0.29) is 11.4 Å². The Bertz CT molecular complexity index is 629. The van der Waals surface area contributed by atoms with E-state index in [2.05, 4.69) is 11.9 Å². The highest BCUT2D eigenvalue weighted by Crippen LogP contribution is 2.23. The van der Waals surface area contributed by atoms with Gasteiger partial charge in [0.05, 0.1) is 5.56 Å². The third-order valence-electron chi connectivity index (χ3n) is 2.85. The number of halogens is 1. The van der Waals surface area contributed by atoms with Gasteiger partial charge in [0.1, 0.15) is 5.75 Å². The Hall–Kier alpha value is -2.47. The van der Waals surface area contributed by atoms with E-state index in [0.29, 0.717) is 5.75 Å². The Balaban J connectivity index is 2.14. The molecule has 1 aromatic carbocycles. The predicted octanol–water partition coefficient (Wildman–Crippen LogP) is 3.08. The predicted molar refractivity (Wildman–Crippen MR) is 74.0 cm³/mol. The van der Waals surface area contributed by atoms with Crippen LogP contribution >= 0.6 is 0 Å². The van der Waals surface area contributed by atoms with Crippen molar-refractivity contribution in [3.05, 3.63) is 53.5 Å². The average Bonchev–Trinajstić information content (AvgIpc) is 2.50. The van der Waals surface area contributed by atoms with Crippen molar-refractivity contribution in [2.75, 3.05) is 0 Å². The molecule has 0 saturated carbocycles. The molecule has 5 nitrogen and oxygen atoms in total. The molecule has 0 atom stereocenters. The number of carbonyl (C=O) groups is 1. The number of aryl methyl sites for hydroxylation is 1. The first-order valence-electron chi connectivity index (χ1n) is 6.50. The van der Waals surface area contributed by atoms with Crippen molar-refractivity contribution in [2.45, 2.75) is 19.8 Å². The molecule has 0 aliphatic carbocycles. The minimum Gasteiger partial charge on any atom is -0.436 e. The van der Waals surface area contributed by atoms with Crippen LogP contribution in [0.25, 0.3) is 0 Å². The molecule has 1 heterocycles. The molecule has 0 spiro atoms. The zero-order valence-corrected chi connectivity index (χ0v) is 11.5. The van der Waals surface area contributed by atoms with Crippen LogP contribution in [0.3, 0.4) is 0 Å². The van der Waals surface area contributed by atoms with Gasteiger partial charge in [-0.15, -0.1) is 0 Å². The lowest BCUT2D eigenvalue weighted by Gasteiger charge is -2.07. The number of rotatable bonds is 5. The summed E-state index contributed by atoms with van der Waals surface area (Å²) in [6.45, 7) is 2.09. The summed E-state index contributed by atoms with van der Waals surface area (Å²) in [7, 11) is 0. The normalized spacial score (nSPS) is 10.2. The molecule has 0 aliphatic rings. The van der Waals surface area contributed by atoms with E-state index in [1.807, 2.05) is 12.1 Å². The largest absolute Gasteiger partial charge is 0.436 e. The van der Waals surface area contributed by atoms with Crippen molar-refractivity contribution in [1.29, 1.82) is 0 Å². The van der Waals surface area contributed by atoms with Crippen LogP contribution < -0.4 is 10.2 Å². The number of hydroxylamine groups is 1. The van der Waals surface area contributed by atoms with Crippen LogP contribution in [0.4, 0.5) is 4.39 Å². The minimum atomic E-state index is -0.836. The average molecular weight is 290 g/mol. The fraction of sp³-hybridized carbons (Fsp3) is 0.200. The monoisotopic (exact) mass is 290 g/mol. The van der Waals surface area contributed by atoms with Gasteiger partial charge in [-0.3, -0.25) is 10.0 Å². The van der Waals surface area contributed by atoms with Gasteiger partial charge < -0.3 is 4.74 Å². The molecule has 2 N–H and O–H groups in total. The summed E-state index contributed by atoms with van der Waals surface area (Å²) in [4.78, 5) is 14.9. The van der Waals surface area contributed by atoms with Crippen molar-refractivity contribution in [1.82, 2.24) is 10.5 Å². The van der Waals surface area contributed by atoms with E-state index in [4.69, 9.17) is 9.94 Å². The lowest BCUT2D eigenvalue weighted by Crippen LogP contribution is -2.19. The van der Waals surface area contributed by atoms with E-state index in [1.165, 1.54) is 11.0 Å². The fourth-order valence-electron chi connectivity index (χ4n) is 1.81. The van der Waals surface area contributed by atoms with Crippen LogP contribution in [0.5, 0.6) is 11.6 Å². The first kappa shape index (κ1) is 14.9. The van der Waals surface area contributed by atoms with Gasteiger partial charge in [0.25, 0.3) is 11.8 Å². The van der Waals surface area contributed by atoms with Crippen LogP contribution in [0, 0.1) is 5.82 Å². The third kappa shape index (κ3) is 3.76. The number of hydrogen-bond donors (Lipinski definition) is 2. The second kappa shape index (κ2) is 6.81. The van der Waals surface area contributed by atoms with Gasteiger partial charge in [0.2, 0.25) is 0 Å². The third-order valence-corrected chi connectivity index (χ3v) is 2.85. The number of benzene rings is 1. The van der Waals surface area contributed by atoms with Gasteiger partial charge in [0, 0.05) is 6.20 Å². The number of carbonyl (C=O) groups excluding carboxylic acids is 1. The molecule has 0 fully saturated rings. The molecule has 0 aliphatic heterocycles. The Kier molecular flexibility index (Phi) is 4.84. The summed E-state index contributed by atoms with van der Waals surface area (Å²) < 4.78 is 19.1. The Labute approximate surface area is 121 Å². The minimum absolute atomic E-state index is 0.0966. The van der Waals surface area contributed by atoms with Crippen molar-refractivity contribution in [3.8, 4) is 11.6 Å². The molecule has 2 rings (SSSR count). The molecule has 0 bridgehead atoms. The Morgan fingerprint density at radius 3 is 2.67 bits per heavy atom. The molecular weight excluding hydrogens is 275 g/mol. The molecule has 1 aromatic heterocycles. The number of ether oxygens (including phenoxy) is 1. The summed E-state index contributed by atoms with van der Waals surface area (Å²) in [5.41, 5.74) is 2.49. The molecule has 110 valence electrons. The Morgan fingerprint density at radius 1 is 1.38 bits per heavy atom. The van der Waals surface area contributed by atoms with Gasteiger partial charge in [-0.2, -0.15) is 0 Å². The first-order chi connectivity index (χ1) is 10.1. The zero-order valence-electron chi connectivity index (χ0n) is 11.5. The van der Waals surface area contributed by atoms with Crippen molar-refractivity contribution in [2.24, 2.45) is 0 Å². The van der Waals surface area contributed by atoms with Crippen LogP contribution in [0.1, 0.15) is 29.3 Å². The van der Waals surface area contributed by atoms with E-state index in [9.17, 15) is 9.18 Å². The van der Waals surface area contributed by atoms with Crippen LogP contribution in [0.15, 0.2) is 36.5 Å². The smallest absolute Gasteiger partial charge is 0.276 e. The number of amides is 1. The first-order valence-corrected chi connectivity index (χ1v) is 6.50. The molecule has 2 aromatic rings. The summed E-state index contributed by atoms with van der Waals surface area (Å²) in [6, 6.07) is 8.23. The molecule has 1 amide bonds. The number of nitrogens with one attached hydrogen (secondary N) is 1. The summed E-state index contributed by atoms with van der Waals surface area (Å²) >= 11 is 0. The second-order valence-corrected chi connectivity index (χ2v) is 4.45. The van der Waals surface area contributed by atoms with E-state index in [1.54, 1.807) is 12.1 Å². The van der Waals surface area contributed by atoms with Gasteiger partial charge in [-0.1, -0.05) is 25.5 Å². The van der Waals surface area contributed by atoms with Crippen molar-refractivity contribution >= 4 is 5.91 Å². The summed E-state index contributed by atoms with van der Waals surface area (Å²) in [5, 5.41) is 8.47. The Morgan fingerprint density at radius 2 is 2.10 bits per heavy atom. The molecule has 0 saturated heterocycles. The maximum atomic E-state index is 13.8. The number of aromatic nitrogens is 1. The quantitative estimate of drug-likeness (QED) is 0.655. The standard InChI is InChI=1S/C15H15FN2O3/c1-2-3-10-4-6-12(7-5-10)21-15-13(16)8-11(9-17-15)14(19)18-20/h4-9,20H,2-3H2,1H3,(H,18,19). The van der Waals surface area contributed by atoms with E-state index in [0.717, 1.165) is 25.1 Å². The molecule has 0 unspecified atom stereocenters. The maximum Gasteiger partial charge on any atom is 0.276 e. The second-order valence-electron chi connectivity index (χ2n) is 4.45. The molecule has 0 radical (unpaired) electrons. The van der Waals surface area contributed by atoms with Gasteiger partial charge in [-0.25, -0.2) is 14.9 Å². The van der Waals surface area contributed by atoms with E-state index < -0.39 is 11.7 Å². The highest BCUT2D eigenvalue weighted by atomic mass is 19.1. The maximum absolute atomic E-state index is 13.8. The van der Waals surface area contributed by atoms with Gasteiger partial charge in [-0.05, 0) is 30.2 Å². The van der Waals surface area contributed by atoms with Crippen molar-refractivity contribution in [3.63, 3.8) is 0 Å². The SMILES string of the molecule is CCCc1ccc(Oc2ncc(C(=O)NO)cc2F)cc1. The van der Waals surface area contributed by atoms with Gasteiger partial charge in [0.15, 0.2) is 5.82 Å². The van der Waals surface area contributed by atoms with Crippen molar-refractivity contribution < 1.29 is 19.1 Å². The van der Waals surface area contributed by atoms with Crippen LogP contribution in [0.2, 0.25) is 0 Å². The molecule has 6 heteroatoms. The fourth-order valence-corrected chi connectivity index (χ4v) is 1.81. The van der Waals surface area contributed by atoms with E-state index >= 15 is 0 Å². The van der Waals surface area contributed by atoms with Gasteiger partial charge >= 0.3 is 0 Å². The lowest BCUT2D eigenvalue weighted by atomic mass is 10.1. The lowest BCUT2D eigenvalue weighted by molar-refractivity contribution is 0.0705. The summed E-state index contributed by atoms with van der Waals surface area (Å²) in [5.74, 6) is -1.39. The molecular formula is C15H15FN2O3. The number of hydrogen-bond acceptors (Lipinski definition) is 4. The highest BCUT2D eigenvalue weighted by Gasteiger charge is 2.12. The van der Waals surface area contributed by atoms with Crippen LogP contribution in [-0.2, 0) is 6.42 Å². The topological polar surface area (TPSA) is 71.5 Å². The highest BCUT2D eigenvalue weighted by molar-refractivity contribution is 5.93. The zero-order chi connectivity index (χ0) is 15.2. The summed E-state index contributed by atoms with van der Waals surface area (Å²) in [6.07, 6.45) is 3.14.